The van der Waals surface area contributed by atoms with Crippen molar-refractivity contribution in [2.45, 2.75) is 83.8 Å². The van der Waals surface area contributed by atoms with Crippen LogP contribution in [0.5, 0.6) is 0 Å². The van der Waals surface area contributed by atoms with E-state index in [0.29, 0.717) is 12.8 Å². The van der Waals surface area contributed by atoms with Crippen LogP contribution in [0.1, 0.15) is 93.2 Å². The summed E-state index contributed by atoms with van der Waals surface area (Å²) in [5.74, 6) is 0.128. The van der Waals surface area contributed by atoms with Gasteiger partial charge in [0.15, 0.2) is 5.82 Å². The molecule has 3 atom stereocenters. The number of imidazole rings is 1. The van der Waals surface area contributed by atoms with Crippen molar-refractivity contribution < 1.29 is 19.7 Å². The predicted molar refractivity (Wildman–Crippen MR) is 137 cm³/mol. The Bertz CT molecular complexity index is 1100. The van der Waals surface area contributed by atoms with Crippen LogP contribution in [-0.4, -0.2) is 50.5 Å². The van der Waals surface area contributed by atoms with E-state index in [9.17, 15) is 15.0 Å². The zero-order chi connectivity index (χ0) is 25.4. The molecule has 4 rings (SSSR count). The van der Waals surface area contributed by atoms with Crippen LogP contribution in [0.2, 0.25) is 0 Å². The van der Waals surface area contributed by atoms with E-state index in [0.717, 1.165) is 41.8 Å². The summed E-state index contributed by atoms with van der Waals surface area (Å²) in [4.78, 5) is 20.1. The van der Waals surface area contributed by atoms with Crippen molar-refractivity contribution in [3.63, 3.8) is 0 Å². The predicted octanol–water partition coefficient (Wildman–Crippen LogP) is 4.96. The van der Waals surface area contributed by atoms with Crippen LogP contribution in [-0.2, 0) is 4.74 Å². The maximum Gasteiger partial charge on any atom is 0.291 e. The molecule has 1 amide bonds. The van der Waals surface area contributed by atoms with E-state index in [2.05, 4.69) is 41.3 Å². The molecule has 4 N–H and O–H groups in total. The van der Waals surface area contributed by atoms with Gasteiger partial charge in [-0.25, -0.2) is 4.98 Å². The first-order chi connectivity index (χ1) is 16.4. The molecule has 0 unspecified atom stereocenters. The molecule has 1 aliphatic carbocycles. The lowest BCUT2D eigenvalue weighted by Gasteiger charge is -2.47. The van der Waals surface area contributed by atoms with Gasteiger partial charge in [-0.05, 0) is 87.5 Å². The second-order valence-corrected chi connectivity index (χ2v) is 11.7. The third-order valence-electron chi connectivity index (χ3n) is 7.52. The topological polar surface area (TPSA) is 107 Å². The molecule has 0 bridgehead atoms. The highest BCUT2D eigenvalue weighted by molar-refractivity contribution is 6.03. The summed E-state index contributed by atoms with van der Waals surface area (Å²) in [6, 6.07) is 6.20. The number of aliphatic hydroxyl groups excluding tert-OH is 2. The summed E-state index contributed by atoms with van der Waals surface area (Å²) in [7, 11) is 0. The van der Waals surface area contributed by atoms with Crippen LogP contribution < -0.4 is 5.32 Å². The monoisotopic (exact) mass is 481 g/mol. The van der Waals surface area contributed by atoms with Crippen molar-refractivity contribution in [2.75, 3.05) is 18.5 Å². The molecule has 1 aromatic carbocycles. The van der Waals surface area contributed by atoms with Gasteiger partial charge in [-0.2, -0.15) is 0 Å². The van der Waals surface area contributed by atoms with Gasteiger partial charge in [0.2, 0.25) is 0 Å². The average Bonchev–Trinajstić information content (AvgIpc) is 3.25. The normalized spacial score (nSPS) is 28.4. The fourth-order valence-electron chi connectivity index (χ4n) is 5.45. The quantitative estimate of drug-likeness (QED) is 0.466. The Morgan fingerprint density at radius 3 is 2.40 bits per heavy atom. The van der Waals surface area contributed by atoms with Gasteiger partial charge in [0.1, 0.15) is 0 Å². The Morgan fingerprint density at radius 1 is 1.17 bits per heavy atom. The molecule has 1 aliphatic heterocycles. The van der Waals surface area contributed by atoms with Gasteiger partial charge < -0.3 is 25.3 Å². The number of H-pyrrole nitrogens is 1. The molecule has 1 aromatic heterocycles. The van der Waals surface area contributed by atoms with Crippen molar-refractivity contribution in [3.8, 4) is 0 Å². The average molecular weight is 482 g/mol. The molecular formula is C28H39N3O4. The van der Waals surface area contributed by atoms with Crippen LogP contribution in [0.3, 0.4) is 0 Å². The van der Waals surface area contributed by atoms with E-state index in [1.165, 1.54) is 5.57 Å². The highest BCUT2D eigenvalue weighted by Gasteiger charge is 2.44. The number of ether oxygens (including phenoxy) is 1. The molecule has 2 heterocycles. The van der Waals surface area contributed by atoms with Crippen LogP contribution in [0.15, 0.2) is 30.5 Å². The Hall–Kier alpha value is -2.48. The number of benzene rings is 1. The Morgan fingerprint density at radius 2 is 1.86 bits per heavy atom. The molecule has 2 aliphatic rings. The molecular weight excluding hydrogens is 442 g/mol. The van der Waals surface area contributed by atoms with Crippen molar-refractivity contribution in [3.05, 3.63) is 53.1 Å². The maximum atomic E-state index is 12.9. The van der Waals surface area contributed by atoms with Crippen molar-refractivity contribution in [1.29, 1.82) is 0 Å². The van der Waals surface area contributed by atoms with E-state index in [-0.39, 0.29) is 36.3 Å². The maximum absolute atomic E-state index is 12.9. The lowest BCUT2D eigenvalue weighted by atomic mass is 9.74. The van der Waals surface area contributed by atoms with E-state index in [1.807, 2.05) is 32.9 Å². The smallest absolute Gasteiger partial charge is 0.291 e. The van der Waals surface area contributed by atoms with Gasteiger partial charge in [0.05, 0.1) is 30.1 Å². The zero-order valence-electron chi connectivity index (χ0n) is 21.6. The number of aliphatic hydroxyl groups is 2. The molecule has 0 spiro atoms. The number of hydrogen-bond acceptors (Lipinski definition) is 5. The van der Waals surface area contributed by atoms with Gasteiger partial charge in [-0.1, -0.05) is 26.0 Å². The van der Waals surface area contributed by atoms with Gasteiger partial charge in [0, 0.05) is 17.4 Å². The highest BCUT2D eigenvalue weighted by Crippen LogP contribution is 2.46. The van der Waals surface area contributed by atoms with E-state index < -0.39 is 11.2 Å². The molecule has 1 fully saturated rings. The third kappa shape index (κ3) is 5.68. The molecule has 0 saturated carbocycles. The second kappa shape index (κ2) is 9.52. The fourth-order valence-corrected chi connectivity index (χ4v) is 5.45. The Labute approximate surface area is 208 Å². The lowest BCUT2D eigenvalue weighted by molar-refractivity contribution is -0.208. The number of aromatic nitrogens is 2. The van der Waals surface area contributed by atoms with Crippen LogP contribution in [0.4, 0.5) is 5.69 Å². The van der Waals surface area contributed by atoms with Crippen molar-refractivity contribution in [2.24, 2.45) is 5.41 Å². The van der Waals surface area contributed by atoms with Gasteiger partial charge >= 0.3 is 0 Å². The molecule has 7 nitrogen and oxygen atoms in total. The molecule has 190 valence electrons. The largest absolute Gasteiger partial charge is 0.393 e. The number of carbonyl (C=O) groups is 1. The number of hydrogen-bond donors (Lipinski definition) is 4. The number of allylic oxidation sites excluding steroid dienone is 2. The Balaban J connectivity index is 1.71. The minimum Gasteiger partial charge on any atom is -0.393 e. The van der Waals surface area contributed by atoms with Gasteiger partial charge in [-0.3, -0.25) is 4.79 Å². The SMILES string of the molecule is Cc1c[nH]c(C(=O)Nc2ccc([C@H]3C[C@](C)(CO)O[C@](C)(CO)C3)cc2C2=CCC(C)(C)CC2)n1. The third-order valence-corrected chi connectivity index (χ3v) is 7.52. The van der Waals surface area contributed by atoms with Crippen LogP contribution >= 0.6 is 0 Å². The van der Waals surface area contributed by atoms with E-state index >= 15 is 0 Å². The van der Waals surface area contributed by atoms with E-state index in [4.69, 9.17) is 4.74 Å². The molecule has 1 saturated heterocycles. The minimum atomic E-state index is -0.723. The number of nitrogens with one attached hydrogen (secondary N) is 2. The van der Waals surface area contributed by atoms with Gasteiger partial charge in [-0.15, -0.1) is 0 Å². The summed E-state index contributed by atoms with van der Waals surface area (Å²) in [5.41, 5.74) is 3.74. The van der Waals surface area contributed by atoms with E-state index in [1.54, 1.807) is 6.20 Å². The van der Waals surface area contributed by atoms with Gasteiger partial charge in [0.25, 0.3) is 5.91 Å². The summed E-state index contributed by atoms with van der Waals surface area (Å²) in [5, 5.41) is 23.1. The number of aromatic amines is 1. The fraction of sp³-hybridized carbons (Fsp3) is 0.571. The summed E-state index contributed by atoms with van der Waals surface area (Å²) in [6.45, 7) is 10.00. The summed E-state index contributed by atoms with van der Waals surface area (Å²) < 4.78 is 6.13. The Kier molecular flexibility index (Phi) is 6.97. The molecule has 0 radical (unpaired) electrons. The first-order valence-electron chi connectivity index (χ1n) is 12.5. The number of anilines is 1. The van der Waals surface area contributed by atoms with Crippen molar-refractivity contribution in [1.82, 2.24) is 9.97 Å². The minimum absolute atomic E-state index is 0.106. The number of nitrogens with zero attached hydrogens (tertiary/aromatic N) is 1. The zero-order valence-corrected chi connectivity index (χ0v) is 21.6. The van der Waals surface area contributed by atoms with Crippen LogP contribution in [0.25, 0.3) is 5.57 Å². The highest BCUT2D eigenvalue weighted by atomic mass is 16.5. The van der Waals surface area contributed by atoms with Crippen molar-refractivity contribution >= 4 is 17.2 Å². The van der Waals surface area contributed by atoms with Crippen LogP contribution in [0, 0.1) is 12.3 Å². The molecule has 35 heavy (non-hydrogen) atoms. The standard InChI is InChI=1S/C28H39N3O4/c1-18-15-29-24(30-18)25(34)31-23-7-6-20(12-22(23)19-8-10-26(2,3)11-9-19)21-13-27(4,16-32)35-28(5,14-21)17-33/h6-8,12,15,21,32-33H,9-11,13-14,16-17H2,1-5H3,(H,29,30)(H,31,34)/t21-,27+,28-. The first kappa shape index (κ1) is 25.6. The summed E-state index contributed by atoms with van der Waals surface area (Å²) >= 11 is 0. The molecule has 2 aromatic rings. The lowest BCUT2D eigenvalue weighted by Crippen LogP contribution is -2.51. The summed E-state index contributed by atoms with van der Waals surface area (Å²) in [6.07, 6.45) is 8.33. The number of carbonyl (C=O) groups excluding carboxylic acids is 1. The second-order valence-electron chi connectivity index (χ2n) is 11.7. The first-order valence-corrected chi connectivity index (χ1v) is 12.5. The number of aryl methyl sites for hydroxylation is 1. The number of amides is 1. The number of rotatable bonds is 6. The molecule has 7 heteroatoms.